The van der Waals surface area contributed by atoms with Crippen LogP contribution in [0.15, 0.2) is 72.9 Å². The third kappa shape index (κ3) is 34.2. The van der Waals surface area contributed by atoms with E-state index in [0.29, 0.717) is 12.8 Å². The summed E-state index contributed by atoms with van der Waals surface area (Å²) in [5.41, 5.74) is 0. The van der Waals surface area contributed by atoms with Gasteiger partial charge in [-0.1, -0.05) is 164 Å². The van der Waals surface area contributed by atoms with Crippen molar-refractivity contribution < 1.29 is 24.2 Å². The van der Waals surface area contributed by atoms with Crippen LogP contribution in [0.5, 0.6) is 0 Å². The summed E-state index contributed by atoms with van der Waals surface area (Å²) in [5, 5.41) is 9.52. The first kappa shape index (κ1) is 43.3. The van der Waals surface area contributed by atoms with Crippen LogP contribution >= 0.6 is 0 Å². The summed E-state index contributed by atoms with van der Waals surface area (Å²) >= 11 is 0. The van der Waals surface area contributed by atoms with E-state index in [0.717, 1.165) is 57.8 Å². The lowest BCUT2D eigenvalue weighted by Crippen LogP contribution is -2.28. The van der Waals surface area contributed by atoms with E-state index < -0.39 is 12.1 Å². The van der Waals surface area contributed by atoms with E-state index in [-0.39, 0.29) is 25.6 Å². The molecule has 5 nitrogen and oxygen atoms in total. The number of hydrogen-bond donors (Lipinski definition) is 1. The molecule has 0 aliphatic carbocycles. The van der Waals surface area contributed by atoms with Crippen molar-refractivity contribution in [3.05, 3.63) is 72.9 Å². The fourth-order valence-electron chi connectivity index (χ4n) is 4.75. The highest BCUT2D eigenvalue weighted by Crippen LogP contribution is 2.13. The van der Waals surface area contributed by atoms with Gasteiger partial charge in [-0.15, -0.1) is 0 Å². The van der Waals surface area contributed by atoms with Crippen LogP contribution in [0.4, 0.5) is 0 Å². The number of carbonyl (C=O) groups excluding carboxylic acids is 2. The van der Waals surface area contributed by atoms with Crippen molar-refractivity contribution in [2.24, 2.45) is 0 Å². The van der Waals surface area contributed by atoms with Gasteiger partial charge in [0.05, 0.1) is 6.61 Å². The predicted octanol–water partition coefficient (Wildman–Crippen LogP) is 11.4. The summed E-state index contributed by atoms with van der Waals surface area (Å²) in [6.45, 7) is 3.94. The van der Waals surface area contributed by atoms with Gasteiger partial charge in [0.25, 0.3) is 0 Å². The molecule has 0 spiro atoms. The topological polar surface area (TPSA) is 72.8 Å². The molecule has 0 aliphatic rings. The van der Waals surface area contributed by atoms with E-state index in [1.165, 1.54) is 64.2 Å². The molecule has 0 radical (unpaired) electrons. The van der Waals surface area contributed by atoms with E-state index in [1.807, 2.05) is 12.2 Å². The van der Waals surface area contributed by atoms with Crippen molar-refractivity contribution >= 4 is 11.9 Å². The number of hydrogen-bond acceptors (Lipinski definition) is 5. The third-order valence-electron chi connectivity index (χ3n) is 7.53. The van der Waals surface area contributed by atoms with E-state index in [2.05, 4.69) is 74.6 Å². The molecule has 46 heavy (non-hydrogen) atoms. The van der Waals surface area contributed by atoms with Gasteiger partial charge in [-0.25, -0.2) is 0 Å². The van der Waals surface area contributed by atoms with Crippen LogP contribution in [0.1, 0.15) is 155 Å². The second-order valence-corrected chi connectivity index (χ2v) is 11.9. The fourth-order valence-corrected chi connectivity index (χ4v) is 4.75. The van der Waals surface area contributed by atoms with Crippen LogP contribution in [-0.2, 0) is 19.1 Å². The second kappa shape index (κ2) is 36.8. The zero-order valence-electron chi connectivity index (χ0n) is 29.6. The Morgan fingerprint density at radius 1 is 0.522 bits per heavy atom. The molecule has 0 heterocycles. The SMILES string of the molecule is CC/C=C/C/C=C/C/C=C/C/C=C/C/C=C/C/C=C/CCC(=O)O[C@@H](CO)COC(=O)CCCCCCCCCCCCCCC. The molecule has 0 aromatic carbocycles. The normalized spacial score (nSPS) is 13.0. The minimum atomic E-state index is -0.812. The molecule has 0 rings (SSSR count). The molecule has 0 amide bonds. The lowest BCUT2D eigenvalue weighted by molar-refractivity contribution is -0.161. The van der Waals surface area contributed by atoms with Crippen LogP contribution in [0.3, 0.4) is 0 Å². The number of unbranched alkanes of at least 4 members (excludes halogenated alkanes) is 12. The van der Waals surface area contributed by atoms with E-state index in [1.54, 1.807) is 0 Å². The molecule has 0 saturated carbocycles. The number of aliphatic hydroxyl groups excluding tert-OH is 1. The first-order valence-electron chi connectivity index (χ1n) is 18.5. The maximum absolute atomic E-state index is 12.1. The monoisotopic (exact) mass is 641 g/mol. The minimum absolute atomic E-state index is 0.0978. The van der Waals surface area contributed by atoms with Crippen molar-refractivity contribution in [2.45, 2.75) is 161 Å². The second-order valence-electron chi connectivity index (χ2n) is 11.9. The number of esters is 2. The lowest BCUT2D eigenvalue weighted by Gasteiger charge is -2.15. The molecule has 0 aromatic rings. The Hall–Kier alpha value is -2.66. The van der Waals surface area contributed by atoms with Crippen LogP contribution < -0.4 is 0 Å². The minimum Gasteiger partial charge on any atom is -0.462 e. The Bertz CT molecular complexity index is 864. The zero-order chi connectivity index (χ0) is 33.6. The highest BCUT2D eigenvalue weighted by Gasteiger charge is 2.15. The lowest BCUT2D eigenvalue weighted by atomic mass is 10.0. The largest absolute Gasteiger partial charge is 0.462 e. The van der Waals surface area contributed by atoms with Crippen LogP contribution in [0.2, 0.25) is 0 Å². The Balaban J connectivity index is 3.73. The maximum Gasteiger partial charge on any atom is 0.306 e. The van der Waals surface area contributed by atoms with Gasteiger partial charge in [-0.3, -0.25) is 9.59 Å². The van der Waals surface area contributed by atoms with Crippen molar-refractivity contribution in [1.29, 1.82) is 0 Å². The maximum atomic E-state index is 12.1. The fraction of sp³-hybridized carbons (Fsp3) is 0.659. The summed E-state index contributed by atoms with van der Waals surface area (Å²) in [6.07, 6.45) is 48.2. The number of ether oxygens (including phenoxy) is 2. The van der Waals surface area contributed by atoms with Crippen molar-refractivity contribution in [1.82, 2.24) is 0 Å². The van der Waals surface area contributed by atoms with Crippen LogP contribution in [0, 0.1) is 0 Å². The molecule has 1 N–H and O–H groups in total. The molecule has 0 fully saturated rings. The molecule has 5 heteroatoms. The highest BCUT2D eigenvalue weighted by atomic mass is 16.6. The summed E-state index contributed by atoms with van der Waals surface area (Å²) in [7, 11) is 0. The molecular formula is C41H68O5. The number of aliphatic hydroxyl groups is 1. The van der Waals surface area contributed by atoms with E-state index >= 15 is 0 Å². The molecule has 0 aliphatic heterocycles. The average Bonchev–Trinajstić information content (AvgIpc) is 3.06. The van der Waals surface area contributed by atoms with Crippen LogP contribution in [0.25, 0.3) is 0 Å². The summed E-state index contributed by atoms with van der Waals surface area (Å²) < 4.78 is 10.5. The van der Waals surface area contributed by atoms with Gasteiger partial charge in [0, 0.05) is 12.8 Å². The van der Waals surface area contributed by atoms with Gasteiger partial charge in [-0.05, 0) is 51.4 Å². The quantitative estimate of drug-likeness (QED) is 0.0450. The van der Waals surface area contributed by atoms with Gasteiger partial charge in [0.2, 0.25) is 0 Å². The third-order valence-corrected chi connectivity index (χ3v) is 7.53. The molecule has 0 unspecified atom stereocenters. The molecular weight excluding hydrogens is 572 g/mol. The summed E-state index contributed by atoms with van der Waals surface area (Å²) in [5.74, 6) is -0.693. The summed E-state index contributed by atoms with van der Waals surface area (Å²) in [6, 6.07) is 0. The standard InChI is InChI=1S/C41H68O5/c1-3-5-7-9-11-13-15-17-18-19-20-21-22-24-26-28-30-32-34-36-41(44)46-39(37-42)38-45-40(43)35-33-31-29-27-25-23-16-14-12-10-8-6-4-2/h5,7,11,13,17-18,20-21,24,26,30,32,39,42H,3-4,6,8-10,12,14-16,19,22-23,25,27-29,31,33-38H2,1-2H3/b7-5+,13-11+,18-17+,21-20+,26-24+,32-30+/t39-/m0/s1. The average molecular weight is 641 g/mol. The number of rotatable bonds is 32. The van der Waals surface area contributed by atoms with Gasteiger partial charge < -0.3 is 14.6 Å². The van der Waals surface area contributed by atoms with Gasteiger partial charge >= 0.3 is 11.9 Å². The first-order valence-corrected chi connectivity index (χ1v) is 18.5. The summed E-state index contributed by atoms with van der Waals surface area (Å²) in [4.78, 5) is 24.2. The Morgan fingerprint density at radius 2 is 0.935 bits per heavy atom. The Labute approximate surface area is 283 Å². The number of carbonyl (C=O) groups is 2. The van der Waals surface area contributed by atoms with Crippen molar-refractivity contribution in [2.75, 3.05) is 13.2 Å². The molecule has 262 valence electrons. The van der Waals surface area contributed by atoms with E-state index in [4.69, 9.17) is 9.47 Å². The van der Waals surface area contributed by atoms with Crippen molar-refractivity contribution in [3.8, 4) is 0 Å². The number of allylic oxidation sites excluding steroid dienone is 12. The van der Waals surface area contributed by atoms with Gasteiger partial charge in [0.1, 0.15) is 6.61 Å². The van der Waals surface area contributed by atoms with Crippen molar-refractivity contribution in [3.63, 3.8) is 0 Å². The molecule has 0 bridgehead atoms. The predicted molar refractivity (Wildman–Crippen MR) is 196 cm³/mol. The molecule has 0 aromatic heterocycles. The molecule has 0 saturated heterocycles. The smallest absolute Gasteiger partial charge is 0.306 e. The molecule has 1 atom stereocenters. The van der Waals surface area contributed by atoms with Gasteiger partial charge in [-0.2, -0.15) is 0 Å². The zero-order valence-corrected chi connectivity index (χ0v) is 29.6. The Morgan fingerprint density at radius 3 is 1.37 bits per heavy atom. The highest BCUT2D eigenvalue weighted by molar-refractivity contribution is 5.70. The Kier molecular flexibility index (Phi) is 34.7. The van der Waals surface area contributed by atoms with Crippen LogP contribution in [-0.4, -0.2) is 36.4 Å². The van der Waals surface area contributed by atoms with Gasteiger partial charge in [0.15, 0.2) is 6.10 Å². The van der Waals surface area contributed by atoms with E-state index in [9.17, 15) is 14.7 Å². The first-order chi connectivity index (χ1) is 22.6.